The molecule has 0 saturated heterocycles. The molecule has 0 aliphatic heterocycles. The molecule has 1 aromatic heterocycles. The summed E-state index contributed by atoms with van der Waals surface area (Å²) in [6, 6.07) is 4.15. The molecule has 1 rings (SSSR count). The van der Waals surface area contributed by atoms with E-state index >= 15 is 0 Å². The molecule has 1 heterocycles. The molecule has 0 N–H and O–H groups in total. The Morgan fingerprint density at radius 3 is 2.50 bits per heavy atom. The second-order valence-corrected chi connectivity index (χ2v) is 7.46. The number of pyridine rings is 1. The Kier molecular flexibility index (Phi) is 8.73. The van der Waals surface area contributed by atoms with Crippen molar-refractivity contribution in [2.75, 3.05) is 0 Å². The van der Waals surface area contributed by atoms with Crippen molar-refractivity contribution in [2.45, 2.75) is 84.7 Å². The Balaban J connectivity index is 2.44. The Morgan fingerprint density at radius 2 is 1.83 bits per heavy atom. The topological polar surface area (TPSA) is 39.2 Å². The van der Waals surface area contributed by atoms with Gasteiger partial charge in [-0.25, -0.2) is 4.79 Å². The van der Waals surface area contributed by atoms with Gasteiger partial charge in [0, 0.05) is 23.9 Å². The molecular formula is C21H33NO2. The summed E-state index contributed by atoms with van der Waals surface area (Å²) in [5.41, 5.74) is 2.13. The highest BCUT2D eigenvalue weighted by Gasteiger charge is 2.19. The lowest BCUT2D eigenvalue weighted by Gasteiger charge is -2.20. The highest BCUT2D eigenvalue weighted by atomic mass is 16.6. The van der Waals surface area contributed by atoms with Gasteiger partial charge in [-0.05, 0) is 51.3 Å². The molecule has 0 aliphatic rings. The monoisotopic (exact) mass is 331 g/mol. The number of aromatic nitrogens is 1. The Bertz CT molecular complexity index is 529. The van der Waals surface area contributed by atoms with Gasteiger partial charge in [0.25, 0.3) is 0 Å². The molecule has 1 aromatic rings. The minimum absolute atomic E-state index is 0.342. The molecule has 0 aliphatic carbocycles. The van der Waals surface area contributed by atoms with E-state index in [0.717, 1.165) is 12.1 Å². The first-order valence-corrected chi connectivity index (χ1v) is 9.16. The van der Waals surface area contributed by atoms with E-state index in [1.165, 1.54) is 44.1 Å². The first-order chi connectivity index (χ1) is 11.3. The van der Waals surface area contributed by atoms with Crippen LogP contribution >= 0.6 is 0 Å². The third-order valence-corrected chi connectivity index (χ3v) is 3.78. The van der Waals surface area contributed by atoms with Crippen LogP contribution in [0.3, 0.4) is 0 Å². The van der Waals surface area contributed by atoms with E-state index in [0.29, 0.717) is 12.0 Å². The zero-order valence-corrected chi connectivity index (χ0v) is 15.9. The maximum Gasteiger partial charge on any atom is 0.334 e. The van der Waals surface area contributed by atoms with Crippen LogP contribution in [0.4, 0.5) is 0 Å². The molecule has 3 nitrogen and oxygen atoms in total. The predicted molar refractivity (Wildman–Crippen MR) is 100 cm³/mol. The lowest BCUT2D eigenvalue weighted by Crippen LogP contribution is -2.25. The average Bonchev–Trinajstić information content (AvgIpc) is 2.49. The van der Waals surface area contributed by atoms with E-state index in [-0.39, 0.29) is 5.97 Å². The number of hydrogen-bond donors (Lipinski definition) is 0. The Labute approximate surface area is 147 Å². The quantitative estimate of drug-likeness (QED) is 0.326. The van der Waals surface area contributed by atoms with Crippen molar-refractivity contribution in [1.82, 2.24) is 4.98 Å². The van der Waals surface area contributed by atoms with Crippen molar-refractivity contribution in [2.24, 2.45) is 0 Å². The molecule has 0 bridgehead atoms. The molecule has 0 spiro atoms. The van der Waals surface area contributed by atoms with Gasteiger partial charge in [0.2, 0.25) is 0 Å². The zero-order chi connectivity index (χ0) is 18.0. The zero-order valence-electron chi connectivity index (χ0n) is 15.9. The fourth-order valence-corrected chi connectivity index (χ4v) is 2.53. The number of hydrogen-bond acceptors (Lipinski definition) is 3. The lowest BCUT2D eigenvalue weighted by atomic mass is 10.0. The van der Waals surface area contributed by atoms with Gasteiger partial charge in [0.05, 0.1) is 0 Å². The number of unbranched alkanes of at least 4 members (excludes halogenated alkanes) is 5. The van der Waals surface area contributed by atoms with Crippen LogP contribution in [0.1, 0.15) is 77.5 Å². The van der Waals surface area contributed by atoms with Crippen LogP contribution in [0.15, 0.2) is 30.5 Å². The van der Waals surface area contributed by atoms with Gasteiger partial charge in [0.15, 0.2) is 0 Å². The average molecular weight is 332 g/mol. The van der Waals surface area contributed by atoms with E-state index in [9.17, 15) is 4.79 Å². The molecule has 0 unspecified atom stereocenters. The van der Waals surface area contributed by atoms with Gasteiger partial charge in [-0.15, -0.1) is 0 Å². The second-order valence-electron chi connectivity index (χ2n) is 7.46. The van der Waals surface area contributed by atoms with Gasteiger partial charge >= 0.3 is 5.97 Å². The van der Waals surface area contributed by atoms with Gasteiger partial charge in [-0.3, -0.25) is 4.98 Å². The SMILES string of the molecule is C=C(Cc1cc(CCCCCCCC)ccn1)C(=O)OC(C)(C)C. The summed E-state index contributed by atoms with van der Waals surface area (Å²) in [4.78, 5) is 16.4. The molecule has 0 fully saturated rings. The lowest BCUT2D eigenvalue weighted by molar-refractivity contribution is -0.149. The number of carbonyl (C=O) groups is 1. The van der Waals surface area contributed by atoms with Crippen LogP contribution in [0.2, 0.25) is 0 Å². The van der Waals surface area contributed by atoms with Crippen LogP contribution in [0.25, 0.3) is 0 Å². The summed E-state index contributed by atoms with van der Waals surface area (Å²) in [6.45, 7) is 11.7. The van der Waals surface area contributed by atoms with Crippen molar-refractivity contribution in [3.05, 3.63) is 41.7 Å². The summed E-state index contributed by atoms with van der Waals surface area (Å²) in [7, 11) is 0. The number of rotatable bonds is 10. The maximum atomic E-state index is 12.0. The Hall–Kier alpha value is -1.64. The maximum absolute atomic E-state index is 12.0. The van der Waals surface area contributed by atoms with Crippen molar-refractivity contribution in [1.29, 1.82) is 0 Å². The minimum atomic E-state index is -0.493. The predicted octanol–water partition coefficient (Wildman–Crippen LogP) is 5.43. The first-order valence-electron chi connectivity index (χ1n) is 9.16. The normalized spacial score (nSPS) is 11.3. The summed E-state index contributed by atoms with van der Waals surface area (Å²) in [6.07, 6.45) is 11.1. The van der Waals surface area contributed by atoms with Crippen LogP contribution in [-0.4, -0.2) is 16.6 Å². The smallest absolute Gasteiger partial charge is 0.334 e. The molecule has 0 atom stereocenters. The second kappa shape index (κ2) is 10.3. The van der Waals surface area contributed by atoms with Crippen LogP contribution in [0, 0.1) is 0 Å². The van der Waals surface area contributed by atoms with Crippen LogP contribution in [0.5, 0.6) is 0 Å². The highest BCUT2D eigenvalue weighted by molar-refractivity contribution is 5.88. The van der Waals surface area contributed by atoms with E-state index in [2.05, 4.69) is 30.6 Å². The standard InChI is InChI=1S/C21H33NO2/c1-6-7-8-9-10-11-12-18-13-14-22-19(16-18)15-17(2)20(23)24-21(3,4)5/h13-14,16H,2,6-12,15H2,1,3-5H3. The summed E-state index contributed by atoms with van der Waals surface area (Å²) >= 11 is 0. The third kappa shape index (κ3) is 8.85. The molecular weight excluding hydrogens is 298 g/mol. The van der Waals surface area contributed by atoms with Crippen molar-refractivity contribution >= 4 is 5.97 Å². The van der Waals surface area contributed by atoms with Gasteiger partial charge in [-0.1, -0.05) is 45.6 Å². The largest absolute Gasteiger partial charge is 0.457 e. The van der Waals surface area contributed by atoms with E-state index < -0.39 is 5.60 Å². The van der Waals surface area contributed by atoms with Gasteiger partial charge in [-0.2, -0.15) is 0 Å². The van der Waals surface area contributed by atoms with E-state index in [1.54, 1.807) is 0 Å². The number of esters is 1. The molecule has 0 radical (unpaired) electrons. The summed E-state index contributed by atoms with van der Waals surface area (Å²) in [5, 5.41) is 0. The molecule has 134 valence electrons. The number of carbonyl (C=O) groups excluding carboxylic acids is 1. The fourth-order valence-electron chi connectivity index (χ4n) is 2.53. The first kappa shape index (κ1) is 20.4. The fraction of sp³-hybridized carbons (Fsp3) is 0.619. The molecule has 0 amide bonds. The van der Waals surface area contributed by atoms with E-state index in [1.807, 2.05) is 27.0 Å². The summed E-state index contributed by atoms with van der Waals surface area (Å²) < 4.78 is 5.35. The molecule has 0 saturated carbocycles. The van der Waals surface area contributed by atoms with Crippen LogP contribution < -0.4 is 0 Å². The third-order valence-electron chi connectivity index (χ3n) is 3.78. The molecule has 24 heavy (non-hydrogen) atoms. The highest BCUT2D eigenvalue weighted by Crippen LogP contribution is 2.15. The van der Waals surface area contributed by atoms with Gasteiger partial charge in [0.1, 0.15) is 5.60 Å². The number of ether oxygens (including phenoxy) is 1. The van der Waals surface area contributed by atoms with Gasteiger partial charge < -0.3 is 4.74 Å². The van der Waals surface area contributed by atoms with Crippen molar-refractivity contribution < 1.29 is 9.53 Å². The Morgan fingerprint density at radius 1 is 1.17 bits per heavy atom. The summed E-state index contributed by atoms with van der Waals surface area (Å²) in [5.74, 6) is -0.342. The van der Waals surface area contributed by atoms with Crippen molar-refractivity contribution in [3.8, 4) is 0 Å². The van der Waals surface area contributed by atoms with E-state index in [4.69, 9.17) is 4.74 Å². The minimum Gasteiger partial charge on any atom is -0.457 e. The molecule has 3 heteroatoms. The number of aryl methyl sites for hydroxylation is 1. The molecule has 0 aromatic carbocycles. The van der Waals surface area contributed by atoms with Crippen LogP contribution in [-0.2, 0) is 22.4 Å². The number of nitrogens with zero attached hydrogens (tertiary/aromatic N) is 1. The van der Waals surface area contributed by atoms with Crippen molar-refractivity contribution in [3.63, 3.8) is 0 Å².